The molecule has 4 nitrogen and oxygen atoms in total. The highest BCUT2D eigenvalue weighted by molar-refractivity contribution is 5.99. The maximum atomic E-state index is 12.7. The highest BCUT2D eigenvalue weighted by Gasteiger charge is 2.17. The lowest BCUT2D eigenvalue weighted by Crippen LogP contribution is -2.10. The van der Waals surface area contributed by atoms with E-state index in [1.54, 1.807) is 7.11 Å². The van der Waals surface area contributed by atoms with Crippen LogP contribution in [0.3, 0.4) is 0 Å². The van der Waals surface area contributed by atoms with E-state index in [0.717, 1.165) is 84.5 Å². The zero-order valence-corrected chi connectivity index (χ0v) is 26.9. The molecule has 0 amide bonds. The molecule has 0 saturated heterocycles. The molecule has 0 N–H and O–H groups in total. The van der Waals surface area contributed by atoms with Gasteiger partial charge in [-0.1, -0.05) is 53.0 Å². The van der Waals surface area contributed by atoms with Gasteiger partial charge in [0.2, 0.25) is 0 Å². The second-order valence-corrected chi connectivity index (χ2v) is 11.0. The number of allylic oxidation sites excluding steroid dienone is 1. The van der Waals surface area contributed by atoms with E-state index in [1.807, 2.05) is 6.92 Å². The molecule has 0 aliphatic heterocycles. The van der Waals surface area contributed by atoms with Crippen molar-refractivity contribution < 1.29 is 19.0 Å². The highest BCUT2D eigenvalue weighted by atomic mass is 16.5. The SMILES string of the molecule is CCCCC(=O)/C(C)=C/c1c(CCC)cc(C)c(OCCCOc2c(OC)cc(CCCC)c(CC)c2C)c1C. The van der Waals surface area contributed by atoms with E-state index in [9.17, 15) is 4.79 Å². The van der Waals surface area contributed by atoms with E-state index in [-0.39, 0.29) is 5.78 Å². The zero-order valence-electron chi connectivity index (χ0n) is 26.9. The maximum absolute atomic E-state index is 12.7. The lowest BCUT2D eigenvalue weighted by atomic mass is 9.92. The number of Topliss-reactive ketones (excluding diaryl/α,β-unsaturated/α-hetero) is 1. The van der Waals surface area contributed by atoms with Crippen molar-refractivity contribution in [1.82, 2.24) is 0 Å². The summed E-state index contributed by atoms with van der Waals surface area (Å²) in [6.45, 7) is 18.2. The summed E-state index contributed by atoms with van der Waals surface area (Å²) >= 11 is 0. The van der Waals surface area contributed by atoms with E-state index < -0.39 is 0 Å². The first-order valence-corrected chi connectivity index (χ1v) is 15.5. The van der Waals surface area contributed by atoms with Crippen molar-refractivity contribution >= 4 is 11.9 Å². The van der Waals surface area contributed by atoms with Gasteiger partial charge in [0, 0.05) is 12.8 Å². The Kier molecular flexibility index (Phi) is 14.3. The first-order chi connectivity index (χ1) is 19.2. The second kappa shape index (κ2) is 17.1. The predicted molar refractivity (Wildman–Crippen MR) is 169 cm³/mol. The average molecular weight is 551 g/mol. The number of ketones is 1. The summed E-state index contributed by atoms with van der Waals surface area (Å²) in [5.41, 5.74) is 9.44. The number of carbonyl (C=O) groups is 1. The van der Waals surface area contributed by atoms with Crippen LogP contribution >= 0.6 is 0 Å². The fourth-order valence-electron chi connectivity index (χ4n) is 5.49. The van der Waals surface area contributed by atoms with Crippen LogP contribution in [-0.2, 0) is 24.1 Å². The third kappa shape index (κ3) is 8.88. The van der Waals surface area contributed by atoms with Crippen molar-refractivity contribution in [2.24, 2.45) is 0 Å². The van der Waals surface area contributed by atoms with Gasteiger partial charge in [-0.15, -0.1) is 0 Å². The van der Waals surface area contributed by atoms with Crippen molar-refractivity contribution in [2.45, 2.75) is 120 Å². The van der Waals surface area contributed by atoms with E-state index >= 15 is 0 Å². The molecule has 222 valence electrons. The number of carbonyl (C=O) groups excluding carboxylic acids is 1. The van der Waals surface area contributed by atoms with Gasteiger partial charge in [0.25, 0.3) is 0 Å². The zero-order chi connectivity index (χ0) is 29.7. The summed E-state index contributed by atoms with van der Waals surface area (Å²) in [7, 11) is 1.72. The fraction of sp³-hybridized carbons (Fsp3) is 0.583. The molecule has 0 aliphatic rings. The second-order valence-electron chi connectivity index (χ2n) is 11.0. The van der Waals surface area contributed by atoms with Crippen LogP contribution in [-0.4, -0.2) is 26.1 Å². The van der Waals surface area contributed by atoms with Crippen LogP contribution in [0, 0.1) is 20.8 Å². The van der Waals surface area contributed by atoms with Crippen LogP contribution in [0.25, 0.3) is 6.08 Å². The predicted octanol–water partition coefficient (Wildman–Crippen LogP) is 9.49. The van der Waals surface area contributed by atoms with Crippen LogP contribution in [0.2, 0.25) is 0 Å². The molecular weight excluding hydrogens is 496 g/mol. The molecule has 0 bridgehead atoms. The number of unbranched alkanes of at least 4 members (excludes halogenated alkanes) is 2. The molecule has 0 fully saturated rings. The third-order valence-electron chi connectivity index (χ3n) is 7.78. The normalized spacial score (nSPS) is 11.6. The Morgan fingerprint density at radius 3 is 2.08 bits per heavy atom. The molecular formula is C36H54O4. The number of rotatable bonds is 18. The Bertz CT molecular complexity index is 1140. The smallest absolute Gasteiger partial charge is 0.164 e. The summed E-state index contributed by atoms with van der Waals surface area (Å²) in [5, 5.41) is 0. The standard InChI is InChI=1S/C36H54O4/c1-10-14-18-30-24-34(38-9)36(27(7)31(30)13-4)40-21-16-20-39-35-26(6)22-29(17-12-3)32(28(35)8)23-25(5)33(37)19-15-11-2/h22-24H,10-21H2,1-9H3/b25-23+. The van der Waals surface area contributed by atoms with Crippen molar-refractivity contribution in [3.8, 4) is 17.2 Å². The molecule has 2 aromatic rings. The number of benzene rings is 2. The maximum Gasteiger partial charge on any atom is 0.164 e. The lowest BCUT2D eigenvalue weighted by molar-refractivity contribution is -0.115. The van der Waals surface area contributed by atoms with Gasteiger partial charge in [-0.25, -0.2) is 0 Å². The van der Waals surface area contributed by atoms with Gasteiger partial charge < -0.3 is 14.2 Å². The molecule has 2 rings (SSSR count). The minimum atomic E-state index is 0.235. The Labute approximate surface area is 244 Å². The van der Waals surface area contributed by atoms with Gasteiger partial charge in [0.1, 0.15) is 5.75 Å². The van der Waals surface area contributed by atoms with Crippen molar-refractivity contribution in [3.63, 3.8) is 0 Å². The minimum absolute atomic E-state index is 0.235. The van der Waals surface area contributed by atoms with Crippen molar-refractivity contribution in [1.29, 1.82) is 0 Å². The summed E-state index contributed by atoms with van der Waals surface area (Å²) in [4.78, 5) is 12.7. The van der Waals surface area contributed by atoms with E-state index in [4.69, 9.17) is 14.2 Å². The number of hydrogen-bond donors (Lipinski definition) is 0. The van der Waals surface area contributed by atoms with Crippen LogP contribution in [0.15, 0.2) is 17.7 Å². The molecule has 0 aromatic heterocycles. The Balaban J connectivity index is 2.17. The molecule has 0 saturated carbocycles. The van der Waals surface area contributed by atoms with Gasteiger partial charge in [0.15, 0.2) is 17.3 Å². The molecule has 0 heterocycles. The topological polar surface area (TPSA) is 44.8 Å². The quantitative estimate of drug-likeness (QED) is 0.137. The summed E-state index contributed by atoms with van der Waals surface area (Å²) in [6, 6.07) is 4.40. The van der Waals surface area contributed by atoms with Crippen LogP contribution in [0.1, 0.15) is 119 Å². The largest absolute Gasteiger partial charge is 0.493 e. The highest BCUT2D eigenvalue weighted by Crippen LogP contribution is 2.37. The summed E-state index contributed by atoms with van der Waals surface area (Å²) < 4.78 is 18.4. The molecule has 0 radical (unpaired) electrons. The monoisotopic (exact) mass is 550 g/mol. The van der Waals surface area contributed by atoms with E-state index in [2.05, 4.69) is 66.7 Å². The average Bonchev–Trinajstić information content (AvgIpc) is 2.94. The number of aryl methyl sites for hydroxylation is 3. The fourth-order valence-corrected chi connectivity index (χ4v) is 5.49. The first kappa shape index (κ1) is 33.5. The number of hydrogen-bond acceptors (Lipinski definition) is 4. The molecule has 0 spiro atoms. The molecule has 0 aliphatic carbocycles. The van der Waals surface area contributed by atoms with Crippen molar-refractivity contribution in [2.75, 3.05) is 20.3 Å². The summed E-state index contributed by atoms with van der Waals surface area (Å²) in [6.07, 6.45) is 11.9. The van der Waals surface area contributed by atoms with Gasteiger partial charge in [-0.2, -0.15) is 0 Å². The summed E-state index contributed by atoms with van der Waals surface area (Å²) in [5.74, 6) is 2.83. The van der Waals surface area contributed by atoms with Crippen LogP contribution < -0.4 is 14.2 Å². The van der Waals surface area contributed by atoms with E-state index in [1.165, 1.54) is 35.1 Å². The molecule has 40 heavy (non-hydrogen) atoms. The lowest BCUT2D eigenvalue weighted by Gasteiger charge is -2.20. The van der Waals surface area contributed by atoms with Gasteiger partial charge in [-0.05, 0) is 116 Å². The molecule has 4 heteroatoms. The number of methoxy groups -OCH3 is 1. The van der Waals surface area contributed by atoms with Gasteiger partial charge >= 0.3 is 0 Å². The Morgan fingerprint density at radius 1 is 0.800 bits per heavy atom. The van der Waals surface area contributed by atoms with Gasteiger partial charge in [0.05, 0.1) is 20.3 Å². The first-order valence-electron chi connectivity index (χ1n) is 15.5. The van der Waals surface area contributed by atoms with E-state index in [0.29, 0.717) is 19.6 Å². The van der Waals surface area contributed by atoms with Gasteiger partial charge in [-0.3, -0.25) is 4.79 Å². The van der Waals surface area contributed by atoms with Crippen molar-refractivity contribution in [3.05, 3.63) is 56.6 Å². The molecule has 0 atom stereocenters. The van der Waals surface area contributed by atoms with Crippen LogP contribution in [0.5, 0.6) is 17.2 Å². The Hall–Kier alpha value is -2.75. The molecule has 2 aromatic carbocycles. The number of ether oxygens (including phenoxy) is 3. The molecule has 0 unspecified atom stereocenters. The third-order valence-corrected chi connectivity index (χ3v) is 7.78. The van der Waals surface area contributed by atoms with Crippen LogP contribution in [0.4, 0.5) is 0 Å². The Morgan fingerprint density at radius 2 is 1.48 bits per heavy atom. The minimum Gasteiger partial charge on any atom is -0.493 e.